The van der Waals surface area contributed by atoms with Gasteiger partial charge in [-0.1, -0.05) is 0 Å². The average molecular weight is 228 g/mol. The Hall–Kier alpha value is -0.555. The summed E-state index contributed by atoms with van der Waals surface area (Å²) in [5, 5.41) is 18.6. The van der Waals surface area contributed by atoms with Crippen molar-refractivity contribution in [1.29, 1.82) is 0 Å². The van der Waals surface area contributed by atoms with Gasteiger partial charge in [-0.25, -0.2) is 4.39 Å². The molecular formula is C8H6BFO2S2. The van der Waals surface area contributed by atoms with Crippen LogP contribution in [0.2, 0.25) is 0 Å². The van der Waals surface area contributed by atoms with Crippen LogP contribution >= 0.6 is 24.0 Å². The summed E-state index contributed by atoms with van der Waals surface area (Å²) in [7, 11) is -1.50. The Bertz CT molecular complexity index is 444. The lowest BCUT2D eigenvalue weighted by Gasteiger charge is -1.93. The first-order valence-electron chi connectivity index (χ1n) is 3.86. The zero-order valence-electron chi connectivity index (χ0n) is 6.94. The molecule has 0 aliphatic heterocycles. The molecule has 0 atom stereocenters. The van der Waals surface area contributed by atoms with E-state index < -0.39 is 12.9 Å². The van der Waals surface area contributed by atoms with E-state index in [4.69, 9.17) is 10.0 Å². The van der Waals surface area contributed by atoms with Crippen LogP contribution in [0.3, 0.4) is 0 Å². The first-order valence-corrected chi connectivity index (χ1v) is 5.12. The Morgan fingerprint density at radius 3 is 2.64 bits per heavy atom. The van der Waals surface area contributed by atoms with E-state index in [0.29, 0.717) is 9.48 Å². The molecule has 0 radical (unpaired) electrons. The standard InChI is InChI=1S/C8H6BFO2S2/c10-5-3-7-4(1-6(5)13)2-8(14-7)9(11)12/h1-3,11-13H. The summed E-state index contributed by atoms with van der Waals surface area (Å²) in [6, 6.07) is 4.52. The number of benzene rings is 1. The van der Waals surface area contributed by atoms with Crippen LogP contribution in [0.5, 0.6) is 0 Å². The van der Waals surface area contributed by atoms with Crippen LogP contribution in [0.25, 0.3) is 10.1 Å². The highest BCUT2D eigenvalue weighted by Crippen LogP contribution is 2.24. The first-order chi connectivity index (χ1) is 6.58. The van der Waals surface area contributed by atoms with Crippen molar-refractivity contribution in [2.24, 2.45) is 0 Å². The molecule has 1 aromatic heterocycles. The van der Waals surface area contributed by atoms with Crippen molar-refractivity contribution < 1.29 is 14.4 Å². The van der Waals surface area contributed by atoms with E-state index in [2.05, 4.69) is 12.6 Å². The van der Waals surface area contributed by atoms with E-state index in [-0.39, 0.29) is 4.90 Å². The molecule has 72 valence electrons. The maximum atomic E-state index is 13.1. The van der Waals surface area contributed by atoms with Crippen molar-refractivity contribution in [2.45, 2.75) is 4.90 Å². The molecule has 0 bridgehead atoms. The number of fused-ring (bicyclic) bond motifs is 1. The highest BCUT2D eigenvalue weighted by molar-refractivity contribution is 7.80. The minimum Gasteiger partial charge on any atom is -0.423 e. The summed E-state index contributed by atoms with van der Waals surface area (Å²) in [5.74, 6) is -0.401. The van der Waals surface area contributed by atoms with E-state index in [1.165, 1.54) is 6.07 Å². The molecule has 0 amide bonds. The number of thiol groups is 1. The molecule has 0 saturated carbocycles. The Kier molecular flexibility index (Phi) is 2.53. The fourth-order valence-electron chi connectivity index (χ4n) is 1.20. The molecule has 0 fully saturated rings. The van der Waals surface area contributed by atoms with Gasteiger partial charge in [-0.15, -0.1) is 24.0 Å². The van der Waals surface area contributed by atoms with Crippen molar-refractivity contribution >= 4 is 45.9 Å². The largest absolute Gasteiger partial charge is 0.499 e. The number of hydrogen-bond acceptors (Lipinski definition) is 4. The summed E-state index contributed by atoms with van der Waals surface area (Å²) in [5.41, 5.74) is 0. The topological polar surface area (TPSA) is 40.5 Å². The van der Waals surface area contributed by atoms with Crippen LogP contribution in [0.4, 0.5) is 4.39 Å². The number of halogens is 1. The summed E-state index contributed by atoms with van der Waals surface area (Å²) in [4.78, 5) is 0.259. The fraction of sp³-hybridized carbons (Fsp3) is 0. The van der Waals surface area contributed by atoms with Gasteiger partial charge in [0.15, 0.2) is 0 Å². The smallest absolute Gasteiger partial charge is 0.423 e. The summed E-state index contributed by atoms with van der Waals surface area (Å²) >= 11 is 5.09. The molecule has 2 rings (SSSR count). The van der Waals surface area contributed by atoms with Crippen molar-refractivity contribution in [3.63, 3.8) is 0 Å². The fourth-order valence-corrected chi connectivity index (χ4v) is 2.34. The minimum absolute atomic E-state index is 0.259. The third kappa shape index (κ3) is 1.66. The minimum atomic E-state index is -1.50. The molecule has 0 aliphatic rings. The van der Waals surface area contributed by atoms with Gasteiger partial charge in [0, 0.05) is 14.4 Å². The molecule has 1 aromatic carbocycles. The molecular weight excluding hydrogens is 222 g/mol. The van der Waals surface area contributed by atoms with Crippen LogP contribution in [0, 0.1) is 5.82 Å². The molecule has 2 N–H and O–H groups in total. The lowest BCUT2D eigenvalue weighted by atomic mass is 9.89. The van der Waals surface area contributed by atoms with Crippen LogP contribution in [-0.4, -0.2) is 17.2 Å². The molecule has 1 heterocycles. The first kappa shape index (κ1) is 9.98. The van der Waals surface area contributed by atoms with Gasteiger partial charge < -0.3 is 10.0 Å². The Morgan fingerprint density at radius 2 is 2.00 bits per heavy atom. The molecule has 0 spiro atoms. The van der Waals surface area contributed by atoms with Gasteiger partial charge in [-0.05, 0) is 23.6 Å². The maximum Gasteiger partial charge on any atom is 0.499 e. The summed E-state index contributed by atoms with van der Waals surface area (Å²) in [6.07, 6.45) is 0. The van der Waals surface area contributed by atoms with Crippen LogP contribution in [0.1, 0.15) is 0 Å². The predicted molar refractivity (Wildman–Crippen MR) is 58.9 cm³/mol. The Labute approximate surface area is 89.6 Å². The van der Waals surface area contributed by atoms with E-state index in [0.717, 1.165) is 16.7 Å². The van der Waals surface area contributed by atoms with Crippen LogP contribution < -0.4 is 4.78 Å². The summed E-state index contributed by atoms with van der Waals surface area (Å²) < 4.78 is 14.1. The van der Waals surface area contributed by atoms with Gasteiger partial charge in [0.25, 0.3) is 0 Å². The van der Waals surface area contributed by atoms with Crippen molar-refractivity contribution in [3.05, 3.63) is 24.0 Å². The summed E-state index contributed by atoms with van der Waals surface area (Å²) in [6.45, 7) is 0. The molecule has 0 saturated heterocycles. The van der Waals surface area contributed by atoms with Crippen molar-refractivity contribution in [2.75, 3.05) is 0 Å². The second-order valence-electron chi connectivity index (χ2n) is 2.86. The predicted octanol–water partition coefficient (Wildman–Crippen LogP) is 1.01. The molecule has 0 aliphatic carbocycles. The second kappa shape index (κ2) is 3.54. The van der Waals surface area contributed by atoms with Gasteiger partial charge >= 0.3 is 7.12 Å². The SMILES string of the molecule is OB(O)c1cc2cc(S)c(F)cc2s1. The number of hydrogen-bond donors (Lipinski definition) is 3. The molecule has 0 unspecified atom stereocenters. The molecule has 6 heteroatoms. The Morgan fingerprint density at radius 1 is 1.29 bits per heavy atom. The third-order valence-corrected chi connectivity index (χ3v) is 3.34. The number of rotatable bonds is 1. The van der Waals surface area contributed by atoms with Gasteiger partial charge in [0.05, 0.1) is 0 Å². The van der Waals surface area contributed by atoms with E-state index in [9.17, 15) is 4.39 Å². The van der Waals surface area contributed by atoms with Gasteiger partial charge in [-0.3, -0.25) is 0 Å². The van der Waals surface area contributed by atoms with E-state index >= 15 is 0 Å². The van der Waals surface area contributed by atoms with Crippen molar-refractivity contribution in [1.82, 2.24) is 0 Å². The molecule has 2 aromatic rings. The average Bonchev–Trinajstić information content (AvgIpc) is 2.48. The van der Waals surface area contributed by atoms with E-state index in [1.54, 1.807) is 12.1 Å². The number of thiophene rings is 1. The monoisotopic (exact) mass is 228 g/mol. The molecule has 14 heavy (non-hydrogen) atoms. The third-order valence-electron chi connectivity index (χ3n) is 1.86. The lowest BCUT2D eigenvalue weighted by molar-refractivity contribution is 0.427. The Balaban J connectivity index is 2.66. The quantitative estimate of drug-likeness (QED) is 0.503. The van der Waals surface area contributed by atoms with E-state index in [1.807, 2.05) is 0 Å². The second-order valence-corrected chi connectivity index (χ2v) is 4.46. The van der Waals surface area contributed by atoms with Crippen molar-refractivity contribution in [3.8, 4) is 0 Å². The zero-order chi connectivity index (χ0) is 10.3. The zero-order valence-corrected chi connectivity index (χ0v) is 8.65. The normalized spacial score (nSPS) is 10.9. The highest BCUT2D eigenvalue weighted by Gasteiger charge is 2.15. The van der Waals surface area contributed by atoms with Crippen LogP contribution in [-0.2, 0) is 0 Å². The van der Waals surface area contributed by atoms with Gasteiger partial charge in [0.2, 0.25) is 0 Å². The van der Waals surface area contributed by atoms with Gasteiger partial charge in [-0.2, -0.15) is 0 Å². The maximum absolute atomic E-state index is 13.1. The van der Waals surface area contributed by atoms with Crippen LogP contribution in [0.15, 0.2) is 23.1 Å². The van der Waals surface area contributed by atoms with Gasteiger partial charge in [0.1, 0.15) is 5.82 Å². The lowest BCUT2D eigenvalue weighted by Crippen LogP contribution is -2.26. The highest BCUT2D eigenvalue weighted by atomic mass is 32.1. The molecule has 2 nitrogen and oxygen atoms in total.